The van der Waals surface area contributed by atoms with E-state index in [-0.39, 0.29) is 35.1 Å². The molecule has 6 heteroatoms. The van der Waals surface area contributed by atoms with Crippen LogP contribution in [0.25, 0.3) is 55.0 Å². The molecule has 2 aliphatic heterocycles. The Morgan fingerprint density at radius 3 is 0.957 bits per heavy atom. The highest BCUT2D eigenvalue weighted by Gasteiger charge is 2.46. The Hall–Kier alpha value is -4.77. The number of aryl methyl sites for hydroxylation is 6. The van der Waals surface area contributed by atoms with E-state index in [4.69, 9.17) is 31.9 Å². The molecule has 70 heavy (non-hydrogen) atoms. The van der Waals surface area contributed by atoms with Crippen LogP contribution in [0.15, 0.2) is 93.9 Å². The highest BCUT2D eigenvalue weighted by molar-refractivity contribution is 9.11. The lowest BCUT2D eigenvalue weighted by Crippen LogP contribution is -2.62. The van der Waals surface area contributed by atoms with Gasteiger partial charge in [-0.2, -0.15) is 0 Å². The zero-order valence-corrected chi connectivity index (χ0v) is 48.1. The highest BCUT2D eigenvalue weighted by atomic mass is 79.9. The SMILES string of the molecule is Cc1cc(C)c(B2c3c(Br)c4c(c(Br)c3-n3c5ccc(C(C)(C)C)cc5c5cc(C(C)(C)C)cc2c53)B(c2c(C)cc(C)cc2C)c2cc(C(C)(C)C)cc3c5cc(C(C)(C)C)ccc5n-4c23)c(C)c1. The minimum atomic E-state index is -0.0786. The van der Waals surface area contributed by atoms with E-state index in [0.29, 0.717) is 0 Å². The summed E-state index contributed by atoms with van der Waals surface area (Å²) in [6.45, 7) is 42.1. The first-order valence-corrected chi connectivity index (χ1v) is 27.1. The number of benzene rings is 7. The van der Waals surface area contributed by atoms with Gasteiger partial charge in [0.05, 0.1) is 22.4 Å². The smallest absolute Gasteiger partial charge is 0.249 e. The number of hydrogen-bond donors (Lipinski definition) is 0. The summed E-state index contributed by atoms with van der Waals surface area (Å²) in [6, 6.07) is 34.5. The molecule has 0 saturated heterocycles. The Bertz CT molecular complexity index is 3500. The predicted octanol–water partition coefficient (Wildman–Crippen LogP) is 14.1. The normalized spacial score (nSPS) is 13.9. The van der Waals surface area contributed by atoms with Gasteiger partial charge in [-0.1, -0.05) is 176 Å². The van der Waals surface area contributed by atoms with Crippen molar-refractivity contribution in [3.63, 3.8) is 0 Å². The molecule has 0 spiro atoms. The van der Waals surface area contributed by atoms with Crippen molar-refractivity contribution < 1.29 is 0 Å². The maximum Gasteiger partial charge on any atom is 0.249 e. The molecule has 2 aromatic heterocycles. The minimum absolute atomic E-state index is 0.0126. The molecule has 0 radical (unpaired) electrons. The molecular weight excluding hydrogens is 978 g/mol. The second-order valence-electron chi connectivity index (χ2n) is 25.7. The van der Waals surface area contributed by atoms with Crippen LogP contribution in [0, 0.1) is 41.5 Å². The summed E-state index contributed by atoms with van der Waals surface area (Å²) in [4.78, 5) is 0. The van der Waals surface area contributed by atoms with Gasteiger partial charge >= 0.3 is 0 Å². The molecule has 9 aromatic rings. The van der Waals surface area contributed by atoms with Gasteiger partial charge in [0.25, 0.3) is 0 Å². The molecule has 2 aliphatic rings. The van der Waals surface area contributed by atoms with Gasteiger partial charge in [0.15, 0.2) is 0 Å². The standard InChI is InChI=1S/C64H68B2Br2N2/c1-33-23-35(3)51(36(4)24-33)65-47-31-41(63(13,14)15)29-45-43-27-39(61(7,8)9)19-21-49(43)69(57(45)47)59-53(65)55(67)60-54(56(59)68)66(52-37(5)25-34(2)26-38(52)6)48-32-42(64(16,17)18)30-46-44-28-40(62(10,11)12)20-22-50(44)70(60)58(46)48/h19-32H,1-18H3. The fourth-order valence-corrected chi connectivity index (χ4v) is 14.5. The van der Waals surface area contributed by atoms with Crippen LogP contribution in [0.4, 0.5) is 0 Å². The summed E-state index contributed by atoms with van der Waals surface area (Å²) < 4.78 is 7.67. The van der Waals surface area contributed by atoms with Crippen LogP contribution in [0.1, 0.15) is 139 Å². The summed E-state index contributed by atoms with van der Waals surface area (Å²) in [6.07, 6.45) is 0. The molecule has 2 nitrogen and oxygen atoms in total. The first-order chi connectivity index (χ1) is 32.6. The third kappa shape index (κ3) is 6.84. The molecule has 11 rings (SSSR count). The van der Waals surface area contributed by atoms with Crippen molar-refractivity contribution in [3.05, 3.63) is 150 Å². The van der Waals surface area contributed by atoms with Crippen LogP contribution in [0.2, 0.25) is 0 Å². The van der Waals surface area contributed by atoms with E-state index in [1.54, 1.807) is 0 Å². The Labute approximate surface area is 435 Å². The number of rotatable bonds is 2. The summed E-state index contributed by atoms with van der Waals surface area (Å²) in [5, 5.41) is 5.29. The first kappa shape index (κ1) is 47.5. The molecule has 0 bridgehead atoms. The Balaban J connectivity index is 1.42. The monoisotopic (exact) mass is 1040 g/mol. The van der Waals surface area contributed by atoms with Crippen LogP contribution < -0.4 is 32.8 Å². The molecule has 7 aromatic carbocycles. The maximum absolute atomic E-state index is 4.71. The summed E-state index contributed by atoms with van der Waals surface area (Å²) in [7, 11) is 0. The number of fused-ring (bicyclic) bond motifs is 10. The highest BCUT2D eigenvalue weighted by Crippen LogP contribution is 2.45. The van der Waals surface area contributed by atoms with Crippen molar-refractivity contribution in [1.82, 2.24) is 9.13 Å². The zero-order valence-electron chi connectivity index (χ0n) is 44.9. The average molecular weight is 1050 g/mol. The van der Waals surface area contributed by atoms with Gasteiger partial charge in [-0.25, -0.2) is 0 Å². The summed E-state index contributed by atoms with van der Waals surface area (Å²) in [5.41, 5.74) is 28.9. The summed E-state index contributed by atoms with van der Waals surface area (Å²) in [5.74, 6) is 0. The molecule has 4 heterocycles. The van der Waals surface area contributed by atoms with E-state index < -0.39 is 0 Å². The van der Waals surface area contributed by atoms with Crippen LogP contribution in [0.5, 0.6) is 0 Å². The lowest BCUT2D eigenvalue weighted by molar-refractivity contribution is 0.590. The van der Waals surface area contributed by atoms with Gasteiger partial charge in [0.1, 0.15) is 0 Å². The molecule has 0 atom stereocenters. The van der Waals surface area contributed by atoms with E-state index in [2.05, 4.69) is 219 Å². The topological polar surface area (TPSA) is 9.86 Å². The first-order valence-electron chi connectivity index (χ1n) is 25.5. The summed E-state index contributed by atoms with van der Waals surface area (Å²) >= 11 is 9.42. The van der Waals surface area contributed by atoms with E-state index in [0.717, 1.165) is 8.95 Å². The molecule has 0 unspecified atom stereocenters. The molecule has 0 saturated carbocycles. The van der Waals surface area contributed by atoms with E-state index in [9.17, 15) is 0 Å². The van der Waals surface area contributed by atoms with Gasteiger partial charge in [-0.05, 0) is 176 Å². The maximum atomic E-state index is 4.71. The molecule has 0 fully saturated rings. The van der Waals surface area contributed by atoms with Gasteiger partial charge in [0, 0.05) is 41.5 Å². The number of nitrogens with zero attached hydrogens (tertiary/aromatic N) is 2. The average Bonchev–Trinajstić information content (AvgIpc) is 3.75. The second kappa shape index (κ2) is 15.4. The van der Waals surface area contributed by atoms with Crippen molar-refractivity contribution in [1.29, 1.82) is 0 Å². The minimum Gasteiger partial charge on any atom is -0.309 e. The Kier molecular flexibility index (Phi) is 10.4. The van der Waals surface area contributed by atoms with Crippen molar-refractivity contribution in [2.75, 3.05) is 0 Å². The lowest BCUT2D eigenvalue weighted by atomic mass is 9.31. The fraction of sp³-hybridized carbons (Fsp3) is 0.344. The van der Waals surface area contributed by atoms with Crippen LogP contribution in [0.3, 0.4) is 0 Å². The molecule has 0 N–H and O–H groups in total. The van der Waals surface area contributed by atoms with Gasteiger partial charge in [-0.15, -0.1) is 0 Å². The zero-order chi connectivity index (χ0) is 50.4. The van der Waals surface area contributed by atoms with Crippen molar-refractivity contribution in [2.45, 2.75) is 146 Å². The number of aromatic nitrogens is 2. The van der Waals surface area contributed by atoms with Crippen LogP contribution in [-0.2, 0) is 21.7 Å². The van der Waals surface area contributed by atoms with E-state index >= 15 is 0 Å². The fourth-order valence-electron chi connectivity index (χ4n) is 12.9. The van der Waals surface area contributed by atoms with Gasteiger partial charge < -0.3 is 9.13 Å². The molecule has 0 aliphatic carbocycles. The van der Waals surface area contributed by atoms with E-state index in [1.807, 2.05) is 0 Å². The lowest BCUT2D eigenvalue weighted by Gasteiger charge is -2.37. The largest absolute Gasteiger partial charge is 0.309 e. The van der Waals surface area contributed by atoms with Crippen molar-refractivity contribution in [2.24, 2.45) is 0 Å². The molecular formula is C64H68B2Br2N2. The van der Waals surface area contributed by atoms with Crippen LogP contribution >= 0.6 is 31.9 Å². The van der Waals surface area contributed by atoms with Gasteiger partial charge in [0.2, 0.25) is 13.4 Å². The molecule has 0 amide bonds. The predicted molar refractivity (Wildman–Crippen MR) is 316 cm³/mol. The second-order valence-corrected chi connectivity index (χ2v) is 27.3. The van der Waals surface area contributed by atoms with E-state index in [1.165, 1.54) is 143 Å². The Morgan fingerprint density at radius 1 is 0.357 bits per heavy atom. The number of halogens is 2. The van der Waals surface area contributed by atoms with Crippen molar-refractivity contribution >= 4 is 122 Å². The van der Waals surface area contributed by atoms with Gasteiger partial charge in [-0.3, -0.25) is 0 Å². The molecule has 354 valence electrons. The van der Waals surface area contributed by atoms with Crippen molar-refractivity contribution in [3.8, 4) is 11.4 Å². The number of hydrogen-bond acceptors (Lipinski definition) is 0. The quantitative estimate of drug-likeness (QED) is 0.153. The third-order valence-corrected chi connectivity index (χ3v) is 17.9. The van der Waals surface area contributed by atoms with Crippen LogP contribution in [-0.4, -0.2) is 22.6 Å². The Morgan fingerprint density at radius 2 is 0.657 bits per heavy atom. The third-order valence-electron chi connectivity index (χ3n) is 16.3.